The van der Waals surface area contributed by atoms with Crippen molar-refractivity contribution < 1.29 is 17.9 Å². The summed E-state index contributed by atoms with van der Waals surface area (Å²) in [5.74, 6) is 1.16. The molecule has 184 valence electrons. The molecule has 0 fully saturated rings. The van der Waals surface area contributed by atoms with Crippen molar-refractivity contribution in [3.8, 4) is 17.1 Å². The van der Waals surface area contributed by atoms with E-state index in [-0.39, 0.29) is 17.6 Å². The molecule has 4 nitrogen and oxygen atoms in total. The van der Waals surface area contributed by atoms with Gasteiger partial charge in [0.2, 0.25) is 0 Å². The molecule has 2 aromatic carbocycles. The molecule has 0 aliphatic rings. The molecular weight excluding hydrogens is 439 g/mol. The molecular formula is C27H34F3N3O. The zero-order valence-corrected chi connectivity index (χ0v) is 20.1. The van der Waals surface area contributed by atoms with Gasteiger partial charge in [0.05, 0.1) is 11.9 Å². The van der Waals surface area contributed by atoms with Gasteiger partial charge in [0, 0.05) is 24.7 Å². The van der Waals surface area contributed by atoms with Gasteiger partial charge in [-0.2, -0.15) is 8.78 Å². The van der Waals surface area contributed by atoms with Crippen molar-refractivity contribution in [2.45, 2.75) is 72.2 Å². The van der Waals surface area contributed by atoms with Gasteiger partial charge in [-0.25, -0.2) is 9.37 Å². The summed E-state index contributed by atoms with van der Waals surface area (Å²) in [7, 11) is 0. The second-order valence-electron chi connectivity index (χ2n) is 9.02. The maximum Gasteiger partial charge on any atom is 0.387 e. The minimum absolute atomic E-state index is 0.164. The topological polar surface area (TPSA) is 39.1 Å². The first-order valence-electron chi connectivity index (χ1n) is 11.9. The first-order valence-corrected chi connectivity index (χ1v) is 11.9. The van der Waals surface area contributed by atoms with Crippen molar-refractivity contribution in [3.63, 3.8) is 0 Å². The number of nitrogens with one attached hydrogen (secondary N) is 1. The summed E-state index contributed by atoms with van der Waals surface area (Å²) in [4.78, 5) is 4.62. The van der Waals surface area contributed by atoms with Crippen LogP contribution in [0.25, 0.3) is 11.4 Å². The lowest BCUT2D eigenvalue weighted by Crippen LogP contribution is -2.32. The first kappa shape index (κ1) is 25.8. The Morgan fingerprint density at radius 3 is 2.50 bits per heavy atom. The Bertz CT molecular complexity index is 1020. The van der Waals surface area contributed by atoms with Crippen molar-refractivity contribution in [1.29, 1.82) is 0 Å². The number of halogens is 3. The van der Waals surface area contributed by atoms with Crippen LogP contribution < -0.4 is 10.1 Å². The number of ether oxygens (including phenoxy) is 1. The van der Waals surface area contributed by atoms with Gasteiger partial charge in [-0.05, 0) is 55.0 Å². The van der Waals surface area contributed by atoms with E-state index in [0.29, 0.717) is 12.5 Å². The molecule has 0 amide bonds. The second kappa shape index (κ2) is 12.6. The lowest BCUT2D eigenvalue weighted by Gasteiger charge is -2.22. The van der Waals surface area contributed by atoms with Gasteiger partial charge in [-0.3, -0.25) is 0 Å². The molecule has 0 saturated carbocycles. The number of nitrogens with zero attached hydrogens (tertiary/aromatic N) is 2. The summed E-state index contributed by atoms with van der Waals surface area (Å²) in [5, 5.41) is 3.67. The van der Waals surface area contributed by atoms with Crippen molar-refractivity contribution >= 4 is 0 Å². The minimum atomic E-state index is -2.82. The average molecular weight is 474 g/mol. The molecule has 1 aromatic heterocycles. The minimum Gasteiger partial charge on any atom is -0.435 e. The van der Waals surface area contributed by atoms with E-state index in [1.165, 1.54) is 12.1 Å². The number of aromatic nitrogens is 2. The molecule has 1 unspecified atom stereocenters. The van der Waals surface area contributed by atoms with Crippen molar-refractivity contribution in [2.24, 2.45) is 5.92 Å². The summed E-state index contributed by atoms with van der Waals surface area (Å²) < 4.78 is 45.3. The van der Waals surface area contributed by atoms with Crippen LogP contribution >= 0.6 is 0 Å². The zero-order valence-electron chi connectivity index (χ0n) is 20.1. The standard InChI is InChI=1S/C27H34F3N3O/c1-4-5-13-33-24(18-32-26(33)21-7-6-8-22(28)16-21)17-31-23(14-19(2)3)15-20-9-11-25(12-10-20)34-27(29)30/h6-12,16,18-19,23,27,31H,4-5,13-15,17H2,1-3H3. The molecule has 0 bridgehead atoms. The fourth-order valence-electron chi connectivity index (χ4n) is 4.12. The third-order valence-corrected chi connectivity index (χ3v) is 5.71. The number of imidazole rings is 1. The van der Waals surface area contributed by atoms with Gasteiger partial charge >= 0.3 is 6.61 Å². The van der Waals surface area contributed by atoms with E-state index >= 15 is 0 Å². The highest BCUT2D eigenvalue weighted by atomic mass is 19.3. The van der Waals surface area contributed by atoms with Crippen LogP contribution in [0.15, 0.2) is 54.7 Å². The largest absolute Gasteiger partial charge is 0.435 e. The van der Waals surface area contributed by atoms with E-state index < -0.39 is 6.61 Å². The number of rotatable bonds is 13. The maximum atomic E-state index is 13.8. The van der Waals surface area contributed by atoms with Gasteiger partial charge in [-0.1, -0.05) is 51.5 Å². The van der Waals surface area contributed by atoms with Crippen LogP contribution in [0.2, 0.25) is 0 Å². The second-order valence-corrected chi connectivity index (χ2v) is 9.02. The number of hydrogen-bond donors (Lipinski definition) is 1. The Balaban J connectivity index is 1.74. The summed E-state index contributed by atoms with van der Waals surface area (Å²) in [6.07, 6.45) is 5.66. The monoisotopic (exact) mass is 473 g/mol. The predicted molar refractivity (Wildman–Crippen MR) is 129 cm³/mol. The van der Waals surface area contributed by atoms with E-state index in [1.807, 2.05) is 24.4 Å². The average Bonchev–Trinajstić information content (AvgIpc) is 3.19. The molecule has 0 saturated heterocycles. The molecule has 0 aliphatic carbocycles. The first-order chi connectivity index (χ1) is 16.4. The van der Waals surface area contributed by atoms with E-state index in [2.05, 4.69) is 40.4 Å². The normalized spacial score (nSPS) is 12.5. The van der Waals surface area contributed by atoms with E-state index in [0.717, 1.165) is 54.9 Å². The van der Waals surface area contributed by atoms with Gasteiger partial charge in [0.1, 0.15) is 17.4 Å². The van der Waals surface area contributed by atoms with E-state index in [9.17, 15) is 13.2 Å². The Morgan fingerprint density at radius 2 is 1.85 bits per heavy atom. The molecule has 1 atom stereocenters. The Kier molecular flexibility index (Phi) is 9.57. The van der Waals surface area contributed by atoms with Crippen LogP contribution in [-0.2, 0) is 19.5 Å². The summed E-state index contributed by atoms with van der Waals surface area (Å²) in [5.41, 5.74) is 2.88. The Labute approximate surface area is 200 Å². The maximum absolute atomic E-state index is 13.8. The van der Waals surface area contributed by atoms with Gasteiger partial charge in [0.25, 0.3) is 0 Å². The van der Waals surface area contributed by atoms with Gasteiger partial charge in [-0.15, -0.1) is 0 Å². The van der Waals surface area contributed by atoms with Crippen molar-refractivity contribution in [1.82, 2.24) is 14.9 Å². The van der Waals surface area contributed by atoms with Crippen LogP contribution in [-0.4, -0.2) is 22.2 Å². The fourth-order valence-corrected chi connectivity index (χ4v) is 4.12. The van der Waals surface area contributed by atoms with Crippen LogP contribution in [0.4, 0.5) is 13.2 Å². The zero-order chi connectivity index (χ0) is 24.5. The number of alkyl halides is 2. The summed E-state index contributed by atoms with van der Waals surface area (Å²) >= 11 is 0. The fraction of sp³-hybridized carbons (Fsp3) is 0.444. The van der Waals surface area contributed by atoms with Crippen LogP contribution in [0.3, 0.4) is 0 Å². The molecule has 0 spiro atoms. The molecule has 1 heterocycles. The van der Waals surface area contributed by atoms with Gasteiger partial charge < -0.3 is 14.6 Å². The molecule has 3 rings (SSSR count). The van der Waals surface area contributed by atoms with Crippen molar-refractivity contribution in [3.05, 3.63) is 71.8 Å². The highest BCUT2D eigenvalue weighted by Gasteiger charge is 2.16. The van der Waals surface area contributed by atoms with Crippen LogP contribution in [0, 0.1) is 11.7 Å². The predicted octanol–water partition coefficient (Wildman–Crippen LogP) is 6.84. The highest BCUT2D eigenvalue weighted by Crippen LogP contribution is 2.22. The molecule has 3 aromatic rings. The van der Waals surface area contributed by atoms with Crippen molar-refractivity contribution in [2.75, 3.05) is 0 Å². The lowest BCUT2D eigenvalue weighted by atomic mass is 9.97. The summed E-state index contributed by atoms with van der Waals surface area (Å²) in [6, 6.07) is 13.6. The lowest BCUT2D eigenvalue weighted by molar-refractivity contribution is -0.0498. The highest BCUT2D eigenvalue weighted by molar-refractivity contribution is 5.56. The smallest absolute Gasteiger partial charge is 0.387 e. The number of hydrogen-bond acceptors (Lipinski definition) is 3. The molecule has 34 heavy (non-hydrogen) atoms. The third-order valence-electron chi connectivity index (χ3n) is 5.71. The molecule has 1 N–H and O–H groups in total. The third kappa shape index (κ3) is 7.62. The van der Waals surface area contributed by atoms with E-state index in [1.54, 1.807) is 18.2 Å². The number of unbranched alkanes of at least 4 members (excludes halogenated alkanes) is 1. The summed E-state index contributed by atoms with van der Waals surface area (Å²) in [6.45, 7) is 5.14. The Morgan fingerprint density at radius 1 is 1.09 bits per heavy atom. The van der Waals surface area contributed by atoms with Gasteiger partial charge in [0.15, 0.2) is 0 Å². The molecule has 0 radical (unpaired) electrons. The Hall–Kier alpha value is -2.80. The molecule has 7 heteroatoms. The van der Waals surface area contributed by atoms with E-state index in [4.69, 9.17) is 0 Å². The number of benzene rings is 2. The SMILES string of the molecule is CCCCn1c(CNC(Cc2ccc(OC(F)F)cc2)CC(C)C)cnc1-c1cccc(F)c1. The van der Waals surface area contributed by atoms with Crippen LogP contribution in [0.1, 0.15) is 51.3 Å². The molecule has 0 aliphatic heterocycles. The quantitative estimate of drug-likeness (QED) is 0.295. The van der Waals surface area contributed by atoms with Crippen LogP contribution in [0.5, 0.6) is 5.75 Å².